The number of esters is 1. The Labute approximate surface area is 106 Å². The zero-order chi connectivity index (χ0) is 13.3. The van der Waals surface area contributed by atoms with Crippen LogP contribution in [0.5, 0.6) is 5.75 Å². The highest BCUT2D eigenvalue weighted by atomic mass is 16.6. The Balaban J connectivity index is 2.49. The van der Waals surface area contributed by atoms with Gasteiger partial charge >= 0.3 is 5.97 Å². The van der Waals surface area contributed by atoms with Crippen LogP contribution in [0.1, 0.15) is 18.1 Å². The molecule has 0 aromatic heterocycles. The molecule has 1 heterocycles. The molecule has 0 fully saturated rings. The van der Waals surface area contributed by atoms with E-state index in [1.165, 1.54) is 7.11 Å². The first kappa shape index (κ1) is 12.6. The number of aryl methyl sites for hydroxylation is 1. The molecule has 1 aliphatic rings. The van der Waals surface area contributed by atoms with E-state index >= 15 is 0 Å². The minimum Gasteiger partial charge on any atom is -0.475 e. The van der Waals surface area contributed by atoms with Gasteiger partial charge in [0, 0.05) is 0 Å². The van der Waals surface area contributed by atoms with Crippen molar-refractivity contribution in [2.75, 3.05) is 7.11 Å². The molecule has 0 bridgehead atoms. The summed E-state index contributed by atoms with van der Waals surface area (Å²) in [6.07, 6.45) is 1.26. The minimum absolute atomic E-state index is 0.492. The van der Waals surface area contributed by atoms with Crippen molar-refractivity contribution in [2.24, 2.45) is 5.92 Å². The number of hydrogen-bond donors (Lipinski definition) is 0. The minimum atomic E-state index is -1.24. The summed E-state index contributed by atoms with van der Waals surface area (Å²) in [5.74, 6) is -0.365. The monoisotopic (exact) mass is 248 g/mol. The van der Waals surface area contributed by atoms with E-state index in [0.717, 1.165) is 17.4 Å². The highest BCUT2D eigenvalue weighted by Gasteiger charge is 2.48. The molecule has 0 amide bonds. The van der Waals surface area contributed by atoms with Crippen LogP contribution in [-0.2, 0) is 20.7 Å². The van der Waals surface area contributed by atoms with Crippen LogP contribution in [0.2, 0.25) is 0 Å². The molecule has 2 atom stereocenters. The maximum absolute atomic E-state index is 11.9. The lowest BCUT2D eigenvalue weighted by Gasteiger charge is -2.38. The second-order valence-electron chi connectivity index (χ2n) is 4.71. The van der Waals surface area contributed by atoms with E-state index in [1.807, 2.05) is 25.1 Å². The van der Waals surface area contributed by atoms with Gasteiger partial charge in [-0.3, -0.25) is 0 Å². The van der Waals surface area contributed by atoms with Crippen molar-refractivity contribution in [3.05, 3.63) is 29.3 Å². The molecule has 0 N–H and O–H groups in total. The SMILES string of the molecule is COC(=O)C1(C)Oc2c(C)cccc2CC1C=O. The summed E-state index contributed by atoms with van der Waals surface area (Å²) >= 11 is 0. The van der Waals surface area contributed by atoms with Crippen LogP contribution >= 0.6 is 0 Å². The standard InChI is InChI=1S/C14H16O4/c1-9-5-4-6-10-7-11(8-15)14(2,13(16)17-3)18-12(9)10/h4-6,8,11H,7H2,1-3H3. The molecule has 1 aliphatic heterocycles. The normalized spacial score (nSPS) is 25.8. The van der Waals surface area contributed by atoms with Crippen LogP contribution in [0.25, 0.3) is 0 Å². The van der Waals surface area contributed by atoms with Crippen molar-refractivity contribution < 1.29 is 19.1 Å². The van der Waals surface area contributed by atoms with Crippen molar-refractivity contribution in [3.63, 3.8) is 0 Å². The Hall–Kier alpha value is -1.84. The van der Waals surface area contributed by atoms with Gasteiger partial charge in [-0.15, -0.1) is 0 Å². The summed E-state index contributed by atoms with van der Waals surface area (Å²) in [5.41, 5.74) is 0.663. The summed E-state index contributed by atoms with van der Waals surface area (Å²) in [5, 5.41) is 0. The molecule has 2 rings (SSSR count). The lowest BCUT2D eigenvalue weighted by atomic mass is 9.81. The van der Waals surface area contributed by atoms with Gasteiger partial charge in [-0.05, 0) is 31.4 Å². The van der Waals surface area contributed by atoms with Crippen LogP contribution in [0.3, 0.4) is 0 Å². The predicted octanol–water partition coefficient (Wildman–Crippen LogP) is 1.68. The largest absolute Gasteiger partial charge is 0.475 e. The molecule has 0 aliphatic carbocycles. The topological polar surface area (TPSA) is 52.6 Å². The first-order valence-corrected chi connectivity index (χ1v) is 5.84. The molecule has 0 saturated heterocycles. The number of ether oxygens (including phenoxy) is 2. The highest BCUT2D eigenvalue weighted by Crippen LogP contribution is 2.38. The van der Waals surface area contributed by atoms with Gasteiger partial charge in [0.1, 0.15) is 12.0 Å². The van der Waals surface area contributed by atoms with Crippen molar-refractivity contribution >= 4 is 12.3 Å². The molecular formula is C14H16O4. The van der Waals surface area contributed by atoms with Gasteiger partial charge in [-0.1, -0.05) is 18.2 Å². The summed E-state index contributed by atoms with van der Waals surface area (Å²) in [4.78, 5) is 23.1. The van der Waals surface area contributed by atoms with Gasteiger partial charge in [0.25, 0.3) is 0 Å². The summed E-state index contributed by atoms with van der Waals surface area (Å²) in [6, 6.07) is 5.74. The second-order valence-corrected chi connectivity index (χ2v) is 4.71. The Bertz CT molecular complexity index is 495. The number of hydrogen-bond acceptors (Lipinski definition) is 4. The Morgan fingerprint density at radius 3 is 2.89 bits per heavy atom. The highest BCUT2D eigenvalue weighted by molar-refractivity contribution is 5.84. The Kier molecular flexibility index (Phi) is 3.11. The van der Waals surface area contributed by atoms with Gasteiger partial charge in [0.15, 0.2) is 0 Å². The molecule has 0 radical (unpaired) electrons. The van der Waals surface area contributed by atoms with E-state index < -0.39 is 17.5 Å². The Morgan fingerprint density at radius 1 is 1.56 bits per heavy atom. The van der Waals surface area contributed by atoms with E-state index in [-0.39, 0.29) is 0 Å². The van der Waals surface area contributed by atoms with Crippen molar-refractivity contribution in [1.29, 1.82) is 0 Å². The fourth-order valence-electron chi connectivity index (χ4n) is 2.31. The molecular weight excluding hydrogens is 232 g/mol. The predicted molar refractivity (Wildman–Crippen MR) is 65.5 cm³/mol. The third-order valence-electron chi connectivity index (χ3n) is 3.51. The maximum atomic E-state index is 11.9. The zero-order valence-electron chi connectivity index (χ0n) is 10.7. The molecule has 0 saturated carbocycles. The fraction of sp³-hybridized carbons (Fsp3) is 0.429. The molecule has 1 aromatic rings. The average Bonchev–Trinajstić information content (AvgIpc) is 2.38. The molecule has 1 aromatic carbocycles. The van der Waals surface area contributed by atoms with Gasteiger partial charge in [-0.2, -0.15) is 0 Å². The van der Waals surface area contributed by atoms with Crippen molar-refractivity contribution in [2.45, 2.75) is 25.9 Å². The van der Waals surface area contributed by atoms with Crippen molar-refractivity contribution in [1.82, 2.24) is 0 Å². The number of benzene rings is 1. The smallest absolute Gasteiger partial charge is 0.350 e. The first-order valence-electron chi connectivity index (χ1n) is 5.84. The van der Waals surface area contributed by atoms with E-state index in [4.69, 9.17) is 9.47 Å². The number of methoxy groups -OCH3 is 1. The van der Waals surface area contributed by atoms with Crippen LogP contribution in [0.4, 0.5) is 0 Å². The van der Waals surface area contributed by atoms with E-state index in [2.05, 4.69) is 0 Å². The molecule has 4 nitrogen and oxygen atoms in total. The van der Waals surface area contributed by atoms with Crippen LogP contribution < -0.4 is 4.74 Å². The van der Waals surface area contributed by atoms with E-state index in [9.17, 15) is 9.59 Å². The second kappa shape index (κ2) is 4.44. The first-order chi connectivity index (χ1) is 8.52. The molecule has 18 heavy (non-hydrogen) atoms. The lowest BCUT2D eigenvalue weighted by Crippen LogP contribution is -2.53. The van der Waals surface area contributed by atoms with Gasteiger partial charge in [0.05, 0.1) is 13.0 Å². The zero-order valence-corrected chi connectivity index (χ0v) is 10.7. The van der Waals surface area contributed by atoms with E-state index in [1.54, 1.807) is 6.92 Å². The fourth-order valence-corrected chi connectivity index (χ4v) is 2.31. The van der Waals surface area contributed by atoms with Gasteiger partial charge in [0.2, 0.25) is 5.60 Å². The lowest BCUT2D eigenvalue weighted by molar-refractivity contribution is -0.165. The Morgan fingerprint density at radius 2 is 2.28 bits per heavy atom. The molecule has 4 heteroatoms. The van der Waals surface area contributed by atoms with Crippen LogP contribution in [0, 0.1) is 12.8 Å². The van der Waals surface area contributed by atoms with Crippen LogP contribution in [-0.4, -0.2) is 25.0 Å². The quantitative estimate of drug-likeness (QED) is 0.590. The molecule has 2 unspecified atom stereocenters. The van der Waals surface area contributed by atoms with Crippen LogP contribution in [0.15, 0.2) is 18.2 Å². The number of aldehydes is 1. The number of carbonyl (C=O) groups is 2. The van der Waals surface area contributed by atoms with Gasteiger partial charge in [-0.25, -0.2) is 4.79 Å². The summed E-state index contributed by atoms with van der Waals surface area (Å²) in [6.45, 7) is 3.52. The molecule has 96 valence electrons. The number of fused-ring (bicyclic) bond motifs is 1. The summed E-state index contributed by atoms with van der Waals surface area (Å²) in [7, 11) is 1.30. The average molecular weight is 248 g/mol. The number of carbonyl (C=O) groups excluding carboxylic acids is 2. The molecule has 0 spiro atoms. The van der Waals surface area contributed by atoms with E-state index in [0.29, 0.717) is 12.2 Å². The number of rotatable bonds is 2. The summed E-state index contributed by atoms with van der Waals surface area (Å²) < 4.78 is 10.6. The third kappa shape index (κ3) is 1.78. The number of para-hydroxylation sites is 1. The van der Waals surface area contributed by atoms with Gasteiger partial charge < -0.3 is 14.3 Å². The maximum Gasteiger partial charge on any atom is 0.350 e. The van der Waals surface area contributed by atoms with Crippen molar-refractivity contribution in [3.8, 4) is 5.75 Å². The third-order valence-corrected chi connectivity index (χ3v) is 3.51.